The Morgan fingerprint density at radius 3 is 2.48 bits per heavy atom. The Hall–Kier alpha value is -2.56. The third-order valence-electron chi connectivity index (χ3n) is 5.60. The predicted octanol–water partition coefficient (Wildman–Crippen LogP) is 4.65. The molecule has 4 rings (SSSR count). The van der Waals surface area contributed by atoms with Gasteiger partial charge in [-0.25, -0.2) is 4.98 Å². The van der Waals surface area contributed by atoms with Crippen molar-refractivity contribution in [2.45, 2.75) is 19.5 Å². The van der Waals surface area contributed by atoms with Gasteiger partial charge < -0.3 is 9.47 Å². The third-order valence-corrected chi connectivity index (χ3v) is 5.93. The lowest BCUT2D eigenvalue weighted by Gasteiger charge is -2.22. The first-order valence-corrected chi connectivity index (χ1v) is 10.8. The zero-order chi connectivity index (χ0) is 21.6. The molecular formula is C24H26Cl3N5O. The number of benzene rings is 2. The van der Waals surface area contributed by atoms with E-state index in [1.807, 2.05) is 53.8 Å². The second-order valence-corrected chi connectivity index (χ2v) is 8.13. The molecule has 1 aliphatic heterocycles. The van der Waals surface area contributed by atoms with Crippen LogP contribution in [0.25, 0.3) is 0 Å². The van der Waals surface area contributed by atoms with Crippen molar-refractivity contribution in [2.24, 2.45) is 0 Å². The van der Waals surface area contributed by atoms with Crippen molar-refractivity contribution in [1.82, 2.24) is 19.4 Å². The summed E-state index contributed by atoms with van der Waals surface area (Å²) in [5.41, 5.74) is 3.49. The normalized spacial score (nSPS) is 13.9. The van der Waals surface area contributed by atoms with Crippen molar-refractivity contribution in [1.29, 1.82) is 5.26 Å². The molecule has 1 aromatic heterocycles. The van der Waals surface area contributed by atoms with Crippen molar-refractivity contribution in [2.75, 3.05) is 26.2 Å². The van der Waals surface area contributed by atoms with E-state index in [0.29, 0.717) is 29.2 Å². The molecule has 0 unspecified atom stereocenters. The molecule has 1 amide bonds. The van der Waals surface area contributed by atoms with E-state index < -0.39 is 0 Å². The minimum absolute atomic E-state index is 0. The number of imidazole rings is 1. The molecule has 2 heterocycles. The highest BCUT2D eigenvalue weighted by atomic mass is 35.5. The van der Waals surface area contributed by atoms with Crippen LogP contribution in [0, 0.1) is 11.3 Å². The van der Waals surface area contributed by atoms with Crippen LogP contribution in [-0.2, 0) is 13.1 Å². The average molecular weight is 507 g/mol. The molecule has 33 heavy (non-hydrogen) atoms. The first-order valence-electron chi connectivity index (χ1n) is 10.4. The second-order valence-electron chi connectivity index (χ2n) is 7.72. The first kappa shape index (κ1) is 26.7. The van der Waals surface area contributed by atoms with Crippen LogP contribution >= 0.6 is 36.4 Å². The van der Waals surface area contributed by atoms with Crippen molar-refractivity contribution < 1.29 is 4.79 Å². The number of amides is 1. The summed E-state index contributed by atoms with van der Waals surface area (Å²) in [5, 5.41) is 9.46. The topological polar surface area (TPSA) is 65.2 Å². The SMILES string of the molecule is Cl.Cl.N#Cc1ccc(Cn2cncc2CN2CCCN(C(=O)c3ccccc3Cl)CC2)cc1. The molecule has 0 N–H and O–H groups in total. The highest BCUT2D eigenvalue weighted by Crippen LogP contribution is 2.19. The smallest absolute Gasteiger partial charge is 0.255 e. The van der Waals surface area contributed by atoms with Crippen molar-refractivity contribution >= 4 is 42.3 Å². The van der Waals surface area contributed by atoms with Gasteiger partial charge in [0.2, 0.25) is 0 Å². The number of nitrogens with zero attached hydrogens (tertiary/aromatic N) is 5. The first-order chi connectivity index (χ1) is 15.1. The molecule has 174 valence electrons. The lowest BCUT2D eigenvalue weighted by atomic mass is 10.1. The number of halogens is 3. The Morgan fingerprint density at radius 2 is 1.76 bits per heavy atom. The molecule has 0 spiro atoms. The number of hydrogen-bond acceptors (Lipinski definition) is 4. The maximum atomic E-state index is 12.9. The highest BCUT2D eigenvalue weighted by molar-refractivity contribution is 6.33. The van der Waals surface area contributed by atoms with Gasteiger partial charge in [0.1, 0.15) is 0 Å². The lowest BCUT2D eigenvalue weighted by molar-refractivity contribution is 0.0761. The summed E-state index contributed by atoms with van der Waals surface area (Å²) >= 11 is 6.22. The molecular weight excluding hydrogens is 481 g/mol. The molecule has 0 radical (unpaired) electrons. The summed E-state index contributed by atoms with van der Waals surface area (Å²) in [7, 11) is 0. The fourth-order valence-electron chi connectivity index (χ4n) is 3.87. The lowest BCUT2D eigenvalue weighted by Crippen LogP contribution is -2.35. The van der Waals surface area contributed by atoms with Gasteiger partial charge in [-0.3, -0.25) is 9.69 Å². The Balaban J connectivity index is 0.00000193. The number of carbonyl (C=O) groups excluding carboxylic acids is 1. The van der Waals surface area contributed by atoms with E-state index in [4.69, 9.17) is 16.9 Å². The zero-order valence-electron chi connectivity index (χ0n) is 18.1. The van der Waals surface area contributed by atoms with Gasteiger partial charge in [0.25, 0.3) is 5.91 Å². The van der Waals surface area contributed by atoms with Gasteiger partial charge in [-0.05, 0) is 36.2 Å². The van der Waals surface area contributed by atoms with Gasteiger partial charge >= 0.3 is 0 Å². The standard InChI is InChI=1S/C24H24ClN5O.2ClH/c25-23-5-2-1-4-22(23)24(31)29-11-3-10-28(12-13-29)17-21-15-27-18-30(21)16-20-8-6-19(14-26)7-9-20;;/h1-2,4-9,15,18H,3,10-13,16-17H2;2*1H. The van der Waals surface area contributed by atoms with E-state index in [1.54, 1.807) is 12.1 Å². The van der Waals surface area contributed by atoms with Crippen LogP contribution in [0.2, 0.25) is 5.02 Å². The minimum atomic E-state index is -0.00157. The van der Waals surface area contributed by atoms with E-state index >= 15 is 0 Å². The predicted molar refractivity (Wildman–Crippen MR) is 134 cm³/mol. The molecule has 9 heteroatoms. The van der Waals surface area contributed by atoms with Crippen molar-refractivity contribution in [3.05, 3.63) is 88.5 Å². The third kappa shape index (κ3) is 6.72. The van der Waals surface area contributed by atoms with Crippen LogP contribution in [0.4, 0.5) is 0 Å². The number of rotatable bonds is 5. The van der Waals surface area contributed by atoms with Gasteiger partial charge in [0.05, 0.1) is 34.2 Å². The van der Waals surface area contributed by atoms with Crippen molar-refractivity contribution in [3.8, 4) is 6.07 Å². The van der Waals surface area contributed by atoms with Crippen LogP contribution < -0.4 is 0 Å². The molecule has 1 fully saturated rings. The molecule has 0 aliphatic carbocycles. The van der Waals surface area contributed by atoms with Crippen LogP contribution in [0.1, 0.15) is 33.6 Å². The summed E-state index contributed by atoms with van der Waals surface area (Å²) < 4.78 is 2.14. The maximum Gasteiger partial charge on any atom is 0.255 e. The highest BCUT2D eigenvalue weighted by Gasteiger charge is 2.22. The largest absolute Gasteiger partial charge is 0.337 e. The number of aromatic nitrogens is 2. The molecule has 0 atom stereocenters. The summed E-state index contributed by atoms with van der Waals surface area (Å²) in [6, 6.07) is 17.0. The fourth-order valence-corrected chi connectivity index (χ4v) is 4.09. The summed E-state index contributed by atoms with van der Waals surface area (Å²) in [6.45, 7) is 4.63. The molecule has 0 bridgehead atoms. The monoisotopic (exact) mass is 505 g/mol. The summed E-state index contributed by atoms with van der Waals surface area (Å²) in [5.74, 6) is -0.00157. The minimum Gasteiger partial charge on any atom is -0.337 e. The molecule has 6 nitrogen and oxygen atoms in total. The number of hydrogen-bond donors (Lipinski definition) is 0. The van der Waals surface area contributed by atoms with Crippen molar-refractivity contribution in [3.63, 3.8) is 0 Å². The Morgan fingerprint density at radius 1 is 1.00 bits per heavy atom. The molecule has 0 saturated carbocycles. The van der Waals surface area contributed by atoms with E-state index in [9.17, 15) is 4.79 Å². The number of carbonyl (C=O) groups is 1. The van der Waals surface area contributed by atoms with Gasteiger partial charge in [0.15, 0.2) is 0 Å². The molecule has 2 aromatic carbocycles. The van der Waals surface area contributed by atoms with Gasteiger partial charge in [-0.1, -0.05) is 35.9 Å². The van der Waals surface area contributed by atoms with E-state index in [0.717, 1.165) is 43.9 Å². The van der Waals surface area contributed by atoms with Gasteiger partial charge in [-0.15, -0.1) is 24.8 Å². The van der Waals surface area contributed by atoms with Crippen LogP contribution in [0.5, 0.6) is 0 Å². The van der Waals surface area contributed by atoms with Crippen LogP contribution in [0.3, 0.4) is 0 Å². The number of nitriles is 1. The molecule has 3 aromatic rings. The van der Waals surface area contributed by atoms with E-state index in [-0.39, 0.29) is 30.7 Å². The van der Waals surface area contributed by atoms with Gasteiger partial charge in [-0.2, -0.15) is 5.26 Å². The molecule has 1 saturated heterocycles. The van der Waals surface area contributed by atoms with Crippen LogP contribution in [0.15, 0.2) is 61.1 Å². The Bertz CT molecular complexity index is 1090. The average Bonchev–Trinajstić information content (AvgIpc) is 3.08. The van der Waals surface area contributed by atoms with Crippen LogP contribution in [-0.4, -0.2) is 51.4 Å². The molecule has 1 aliphatic rings. The van der Waals surface area contributed by atoms with Gasteiger partial charge in [0, 0.05) is 45.5 Å². The van der Waals surface area contributed by atoms with E-state index in [1.165, 1.54) is 0 Å². The summed E-state index contributed by atoms with van der Waals surface area (Å²) in [6.07, 6.45) is 4.67. The van der Waals surface area contributed by atoms with E-state index in [2.05, 4.69) is 20.5 Å². The zero-order valence-corrected chi connectivity index (χ0v) is 20.5. The maximum absolute atomic E-state index is 12.9. The second kappa shape index (κ2) is 12.6. The summed E-state index contributed by atoms with van der Waals surface area (Å²) in [4.78, 5) is 21.5. The quantitative estimate of drug-likeness (QED) is 0.505. The fraction of sp³-hybridized carbons (Fsp3) is 0.292. The Kier molecular flexibility index (Phi) is 10.2. The Labute approximate surface area is 211 Å².